The van der Waals surface area contributed by atoms with Crippen LogP contribution in [0.1, 0.15) is 56.0 Å². The Morgan fingerprint density at radius 3 is 2.35 bits per heavy atom. The number of thiocarbonyl (C=S) groups is 1. The van der Waals surface area contributed by atoms with Gasteiger partial charge in [0.2, 0.25) is 0 Å². The molecule has 0 aliphatic rings. The maximum Gasteiger partial charge on any atom is 0.257 e. The minimum atomic E-state index is -0.250. The Morgan fingerprint density at radius 1 is 1.08 bits per heavy atom. The van der Waals surface area contributed by atoms with E-state index in [1.165, 1.54) is 5.56 Å². The Balaban J connectivity index is 2.01. The summed E-state index contributed by atoms with van der Waals surface area (Å²) in [6, 6.07) is 15.0. The van der Waals surface area contributed by atoms with Crippen molar-refractivity contribution in [2.45, 2.75) is 46.1 Å². The lowest BCUT2D eigenvalue weighted by molar-refractivity contribution is 0.0977. The van der Waals surface area contributed by atoms with E-state index in [2.05, 4.69) is 30.5 Å². The van der Waals surface area contributed by atoms with E-state index in [0.29, 0.717) is 11.5 Å². The fourth-order valence-electron chi connectivity index (χ4n) is 2.55. The number of rotatable bonds is 6. The molecule has 0 bridgehead atoms. The lowest BCUT2D eigenvalue weighted by Gasteiger charge is -2.17. The van der Waals surface area contributed by atoms with Crippen molar-refractivity contribution in [1.82, 2.24) is 5.32 Å². The second-order valence-electron chi connectivity index (χ2n) is 6.50. The van der Waals surface area contributed by atoms with Gasteiger partial charge in [0.1, 0.15) is 5.75 Å². The predicted molar refractivity (Wildman–Crippen MR) is 111 cm³/mol. The summed E-state index contributed by atoms with van der Waals surface area (Å²) in [7, 11) is 0. The molecular weight excluding hydrogens is 344 g/mol. The van der Waals surface area contributed by atoms with E-state index in [-0.39, 0.29) is 17.1 Å². The van der Waals surface area contributed by atoms with Crippen molar-refractivity contribution in [1.29, 1.82) is 0 Å². The van der Waals surface area contributed by atoms with E-state index in [4.69, 9.17) is 17.0 Å². The minimum absolute atomic E-state index is 0.0945. The van der Waals surface area contributed by atoms with Crippen LogP contribution in [0.5, 0.6) is 5.75 Å². The fourth-order valence-corrected chi connectivity index (χ4v) is 2.75. The summed E-state index contributed by atoms with van der Waals surface area (Å²) in [5, 5.41) is 6.15. The van der Waals surface area contributed by atoms with E-state index < -0.39 is 0 Å². The van der Waals surface area contributed by atoms with Gasteiger partial charge in [-0.1, -0.05) is 32.0 Å². The molecule has 0 unspecified atom stereocenters. The normalized spacial score (nSPS) is 11.7. The number of para-hydroxylation sites is 1. The van der Waals surface area contributed by atoms with Gasteiger partial charge in [-0.25, -0.2) is 0 Å². The Kier molecular flexibility index (Phi) is 7.16. The van der Waals surface area contributed by atoms with Gasteiger partial charge in [-0.2, -0.15) is 0 Å². The van der Waals surface area contributed by atoms with Crippen molar-refractivity contribution in [2.24, 2.45) is 0 Å². The first-order chi connectivity index (χ1) is 12.4. The Hall–Kier alpha value is -2.40. The maximum atomic E-state index is 12.4. The first-order valence-electron chi connectivity index (χ1n) is 8.88. The monoisotopic (exact) mass is 370 g/mol. The smallest absolute Gasteiger partial charge is 0.257 e. The average molecular weight is 371 g/mol. The van der Waals surface area contributed by atoms with Crippen LogP contribution in [0, 0.1) is 0 Å². The van der Waals surface area contributed by atoms with Crippen LogP contribution >= 0.6 is 12.2 Å². The summed E-state index contributed by atoms with van der Waals surface area (Å²) in [5.74, 6) is 0.894. The zero-order valence-corrected chi connectivity index (χ0v) is 16.5. The van der Waals surface area contributed by atoms with E-state index >= 15 is 0 Å². The molecule has 138 valence electrons. The summed E-state index contributed by atoms with van der Waals surface area (Å²) >= 11 is 5.31. The molecule has 5 heteroatoms. The third-order valence-corrected chi connectivity index (χ3v) is 4.27. The maximum absolute atomic E-state index is 12.4. The zero-order chi connectivity index (χ0) is 19.1. The van der Waals surface area contributed by atoms with E-state index in [0.717, 1.165) is 17.9 Å². The average Bonchev–Trinajstić information content (AvgIpc) is 2.61. The molecule has 0 aromatic heterocycles. The van der Waals surface area contributed by atoms with E-state index in [1.54, 1.807) is 24.3 Å². The van der Waals surface area contributed by atoms with Crippen molar-refractivity contribution in [3.8, 4) is 5.75 Å². The molecule has 0 saturated heterocycles. The van der Waals surface area contributed by atoms with Crippen molar-refractivity contribution >= 4 is 28.9 Å². The quantitative estimate of drug-likeness (QED) is 0.694. The molecule has 4 nitrogen and oxygen atoms in total. The highest BCUT2D eigenvalue weighted by molar-refractivity contribution is 7.80. The Labute approximate surface area is 161 Å². The molecule has 0 fully saturated rings. The fraction of sp³-hybridized carbons (Fsp3) is 0.333. The highest BCUT2D eigenvalue weighted by Crippen LogP contribution is 2.26. The molecule has 2 aromatic rings. The molecule has 0 spiro atoms. The van der Waals surface area contributed by atoms with Gasteiger partial charge in [0.15, 0.2) is 5.11 Å². The molecule has 0 aliphatic carbocycles. The summed E-state index contributed by atoms with van der Waals surface area (Å²) in [6.07, 6.45) is 1.12. The van der Waals surface area contributed by atoms with Gasteiger partial charge < -0.3 is 10.1 Å². The topological polar surface area (TPSA) is 50.4 Å². The first kappa shape index (κ1) is 19.9. The summed E-state index contributed by atoms with van der Waals surface area (Å²) < 4.78 is 5.59. The van der Waals surface area contributed by atoms with E-state index in [1.807, 2.05) is 32.0 Å². The number of carbonyl (C=O) groups excluding carboxylic acids is 1. The van der Waals surface area contributed by atoms with Gasteiger partial charge >= 0.3 is 0 Å². The van der Waals surface area contributed by atoms with Gasteiger partial charge in [-0.15, -0.1) is 0 Å². The van der Waals surface area contributed by atoms with Gasteiger partial charge in [0.25, 0.3) is 5.91 Å². The van der Waals surface area contributed by atoms with Gasteiger partial charge in [0, 0.05) is 11.3 Å². The van der Waals surface area contributed by atoms with Crippen LogP contribution in [-0.4, -0.2) is 17.1 Å². The van der Waals surface area contributed by atoms with Gasteiger partial charge in [0.05, 0.1) is 6.10 Å². The van der Waals surface area contributed by atoms with Crippen molar-refractivity contribution < 1.29 is 9.53 Å². The van der Waals surface area contributed by atoms with Crippen molar-refractivity contribution in [3.63, 3.8) is 0 Å². The molecule has 2 aromatic carbocycles. The van der Waals surface area contributed by atoms with Crippen molar-refractivity contribution in [2.75, 3.05) is 5.32 Å². The number of ether oxygens (including phenoxy) is 1. The van der Waals surface area contributed by atoms with Crippen LogP contribution in [0.25, 0.3) is 0 Å². The van der Waals surface area contributed by atoms with E-state index in [9.17, 15) is 4.79 Å². The largest absolute Gasteiger partial charge is 0.491 e. The molecule has 2 rings (SSSR count). The molecule has 0 heterocycles. The lowest BCUT2D eigenvalue weighted by Crippen LogP contribution is -2.34. The third-order valence-electron chi connectivity index (χ3n) is 4.07. The highest BCUT2D eigenvalue weighted by atomic mass is 32.1. The third kappa shape index (κ3) is 5.56. The second kappa shape index (κ2) is 9.34. The number of hydrogen-bond acceptors (Lipinski definition) is 3. The van der Waals surface area contributed by atoms with Crippen LogP contribution in [-0.2, 0) is 0 Å². The predicted octanol–water partition coefficient (Wildman–Crippen LogP) is 5.11. The molecule has 26 heavy (non-hydrogen) atoms. The first-order valence-corrected chi connectivity index (χ1v) is 9.29. The number of hydrogen-bond donors (Lipinski definition) is 2. The van der Waals surface area contributed by atoms with Gasteiger partial charge in [-0.05, 0) is 74.3 Å². The highest BCUT2D eigenvalue weighted by Gasteiger charge is 2.12. The van der Waals surface area contributed by atoms with Crippen LogP contribution in [0.3, 0.4) is 0 Å². The zero-order valence-electron chi connectivity index (χ0n) is 15.7. The molecule has 0 radical (unpaired) electrons. The second-order valence-corrected chi connectivity index (χ2v) is 6.90. The van der Waals surface area contributed by atoms with Gasteiger partial charge in [-0.3, -0.25) is 10.1 Å². The SMILES string of the molecule is CC[C@H](C)c1ccccc1NC(=S)NC(=O)c1ccc(OC(C)C)cc1. The minimum Gasteiger partial charge on any atom is -0.491 e. The van der Waals surface area contributed by atoms with Crippen molar-refractivity contribution in [3.05, 3.63) is 59.7 Å². The number of carbonyl (C=O) groups is 1. The number of anilines is 1. The molecule has 1 atom stereocenters. The summed E-state index contributed by atoms with van der Waals surface area (Å²) in [5.41, 5.74) is 2.63. The van der Waals surface area contributed by atoms with Crippen LogP contribution in [0.2, 0.25) is 0 Å². The van der Waals surface area contributed by atoms with Crippen LogP contribution in [0.15, 0.2) is 48.5 Å². The summed E-state index contributed by atoms with van der Waals surface area (Å²) in [6.45, 7) is 8.24. The number of nitrogens with one attached hydrogen (secondary N) is 2. The lowest BCUT2D eigenvalue weighted by atomic mass is 9.97. The Morgan fingerprint density at radius 2 is 1.73 bits per heavy atom. The van der Waals surface area contributed by atoms with Crippen LogP contribution < -0.4 is 15.4 Å². The molecule has 1 amide bonds. The standard InChI is InChI=1S/C21H26N2O2S/c1-5-15(4)18-8-6-7-9-19(18)22-21(26)23-20(24)16-10-12-17(13-11-16)25-14(2)3/h6-15H,5H2,1-4H3,(H2,22,23,24,26)/t15-/m0/s1. The Bertz CT molecular complexity index is 757. The molecular formula is C21H26N2O2S. The molecule has 0 saturated carbocycles. The van der Waals surface area contributed by atoms with Crippen LogP contribution in [0.4, 0.5) is 5.69 Å². The molecule has 2 N–H and O–H groups in total. The number of amides is 1. The number of benzene rings is 2. The summed E-state index contributed by atoms with van der Waals surface area (Å²) in [4.78, 5) is 12.4. The molecule has 0 aliphatic heterocycles.